The minimum Gasteiger partial charge on any atom is -0.395 e. The molecule has 2 aromatic rings. The largest absolute Gasteiger partial charge is 0.395 e. The molecule has 90 valence electrons. The summed E-state index contributed by atoms with van der Waals surface area (Å²) in [7, 11) is 0. The van der Waals surface area contributed by atoms with E-state index in [2.05, 4.69) is 42.2 Å². The van der Waals surface area contributed by atoms with Gasteiger partial charge in [-0.1, -0.05) is 60.4 Å². The minimum atomic E-state index is 0.119. The SMILES string of the molecule is OCCC#Cc1ccccc1Cc1ccccc1. The van der Waals surface area contributed by atoms with Gasteiger partial charge >= 0.3 is 0 Å². The Morgan fingerprint density at radius 2 is 1.61 bits per heavy atom. The highest BCUT2D eigenvalue weighted by atomic mass is 16.2. The second-order valence-corrected chi connectivity index (χ2v) is 4.09. The summed E-state index contributed by atoms with van der Waals surface area (Å²) in [6.07, 6.45) is 1.42. The number of benzene rings is 2. The lowest BCUT2D eigenvalue weighted by Crippen LogP contribution is -1.92. The predicted octanol–water partition coefficient (Wildman–Crippen LogP) is 3.01. The monoisotopic (exact) mass is 236 g/mol. The zero-order valence-electron chi connectivity index (χ0n) is 10.3. The van der Waals surface area contributed by atoms with Crippen molar-refractivity contribution in [1.29, 1.82) is 0 Å². The molecular formula is C17H16O. The summed E-state index contributed by atoms with van der Waals surface area (Å²) in [5, 5.41) is 8.75. The Hall–Kier alpha value is -2.04. The Bertz CT molecular complexity index is 547. The van der Waals surface area contributed by atoms with E-state index in [1.54, 1.807) is 0 Å². The third kappa shape index (κ3) is 3.48. The molecule has 1 nitrogen and oxygen atoms in total. The van der Waals surface area contributed by atoms with Crippen molar-refractivity contribution in [1.82, 2.24) is 0 Å². The molecule has 1 heteroatoms. The Morgan fingerprint density at radius 3 is 2.39 bits per heavy atom. The van der Waals surface area contributed by atoms with Gasteiger partial charge in [-0.15, -0.1) is 0 Å². The molecule has 0 aliphatic heterocycles. The minimum absolute atomic E-state index is 0.119. The second-order valence-electron chi connectivity index (χ2n) is 4.09. The zero-order valence-corrected chi connectivity index (χ0v) is 10.3. The Morgan fingerprint density at radius 1 is 0.889 bits per heavy atom. The van der Waals surface area contributed by atoms with Crippen LogP contribution in [0, 0.1) is 11.8 Å². The third-order valence-electron chi connectivity index (χ3n) is 2.71. The first-order valence-electron chi connectivity index (χ1n) is 6.11. The van der Waals surface area contributed by atoms with Gasteiger partial charge in [0.15, 0.2) is 0 Å². The van der Waals surface area contributed by atoms with E-state index < -0.39 is 0 Å². The molecule has 0 saturated carbocycles. The van der Waals surface area contributed by atoms with E-state index in [0.29, 0.717) is 6.42 Å². The predicted molar refractivity (Wildman–Crippen MR) is 74.3 cm³/mol. The van der Waals surface area contributed by atoms with Crippen molar-refractivity contribution in [2.45, 2.75) is 12.8 Å². The number of hydrogen-bond donors (Lipinski definition) is 1. The fourth-order valence-corrected chi connectivity index (χ4v) is 1.83. The van der Waals surface area contributed by atoms with E-state index >= 15 is 0 Å². The van der Waals surface area contributed by atoms with Gasteiger partial charge in [0.05, 0.1) is 6.61 Å². The van der Waals surface area contributed by atoms with Crippen LogP contribution < -0.4 is 0 Å². The molecule has 0 aliphatic carbocycles. The van der Waals surface area contributed by atoms with E-state index in [4.69, 9.17) is 5.11 Å². The van der Waals surface area contributed by atoms with Gasteiger partial charge in [0.1, 0.15) is 0 Å². The molecule has 1 N–H and O–H groups in total. The fraction of sp³-hybridized carbons (Fsp3) is 0.176. The van der Waals surface area contributed by atoms with Gasteiger partial charge in [0.2, 0.25) is 0 Å². The van der Waals surface area contributed by atoms with E-state index in [9.17, 15) is 0 Å². The van der Waals surface area contributed by atoms with Crippen molar-refractivity contribution >= 4 is 0 Å². The molecule has 0 atom stereocenters. The quantitative estimate of drug-likeness (QED) is 0.812. The van der Waals surface area contributed by atoms with Crippen LogP contribution in [0.1, 0.15) is 23.1 Å². The van der Waals surface area contributed by atoms with Gasteiger partial charge in [-0.05, 0) is 23.6 Å². The van der Waals surface area contributed by atoms with Crippen molar-refractivity contribution < 1.29 is 5.11 Å². The van der Waals surface area contributed by atoms with Gasteiger partial charge < -0.3 is 5.11 Å². The first-order valence-corrected chi connectivity index (χ1v) is 6.11. The number of rotatable bonds is 3. The molecule has 2 rings (SSSR count). The first-order chi connectivity index (χ1) is 8.90. The summed E-state index contributed by atoms with van der Waals surface area (Å²) in [5.74, 6) is 6.10. The maximum absolute atomic E-state index is 8.75. The van der Waals surface area contributed by atoms with E-state index in [0.717, 1.165) is 12.0 Å². The summed E-state index contributed by atoms with van der Waals surface area (Å²) in [5.41, 5.74) is 3.57. The zero-order chi connectivity index (χ0) is 12.6. The standard InChI is InChI=1S/C17H16O/c18-13-7-6-11-16-10-4-5-12-17(16)14-15-8-2-1-3-9-15/h1-5,8-10,12,18H,7,13-14H2. The molecule has 0 bridgehead atoms. The molecule has 0 radical (unpaired) electrons. The Kier molecular flexibility index (Phi) is 4.58. The molecule has 0 aromatic heterocycles. The van der Waals surface area contributed by atoms with Crippen molar-refractivity contribution in [3.8, 4) is 11.8 Å². The van der Waals surface area contributed by atoms with E-state index in [1.807, 2.05) is 24.3 Å². The summed E-state index contributed by atoms with van der Waals surface area (Å²) in [6.45, 7) is 0.119. The third-order valence-corrected chi connectivity index (χ3v) is 2.71. The van der Waals surface area contributed by atoms with Crippen LogP contribution in [0.4, 0.5) is 0 Å². The van der Waals surface area contributed by atoms with Gasteiger partial charge in [-0.2, -0.15) is 0 Å². The van der Waals surface area contributed by atoms with Gasteiger partial charge in [-0.3, -0.25) is 0 Å². The lowest BCUT2D eigenvalue weighted by molar-refractivity contribution is 0.305. The first kappa shape index (κ1) is 12.4. The summed E-state index contributed by atoms with van der Waals surface area (Å²) >= 11 is 0. The molecule has 0 heterocycles. The van der Waals surface area contributed by atoms with Crippen molar-refractivity contribution in [2.75, 3.05) is 6.61 Å². The maximum atomic E-state index is 8.75. The van der Waals surface area contributed by atoms with Gasteiger partial charge in [0, 0.05) is 12.0 Å². The summed E-state index contributed by atoms with van der Waals surface area (Å²) < 4.78 is 0. The molecule has 0 amide bonds. The van der Waals surface area contributed by atoms with Crippen LogP contribution in [-0.4, -0.2) is 11.7 Å². The number of aliphatic hydroxyl groups excluding tert-OH is 1. The molecule has 18 heavy (non-hydrogen) atoms. The molecular weight excluding hydrogens is 220 g/mol. The van der Waals surface area contributed by atoms with Crippen LogP contribution in [0.15, 0.2) is 54.6 Å². The smallest absolute Gasteiger partial charge is 0.0540 e. The van der Waals surface area contributed by atoms with Crippen LogP contribution in [0.25, 0.3) is 0 Å². The highest BCUT2D eigenvalue weighted by Crippen LogP contribution is 2.13. The maximum Gasteiger partial charge on any atom is 0.0540 e. The molecule has 0 saturated heterocycles. The second kappa shape index (κ2) is 6.64. The average molecular weight is 236 g/mol. The van der Waals surface area contributed by atoms with E-state index in [-0.39, 0.29) is 6.61 Å². The highest BCUT2D eigenvalue weighted by molar-refractivity contribution is 5.43. The lowest BCUT2D eigenvalue weighted by Gasteiger charge is -2.04. The summed E-state index contributed by atoms with van der Waals surface area (Å²) in [4.78, 5) is 0. The average Bonchev–Trinajstić information content (AvgIpc) is 2.42. The molecule has 0 spiro atoms. The Labute approximate surface area is 108 Å². The van der Waals surface area contributed by atoms with Crippen molar-refractivity contribution in [3.05, 3.63) is 71.3 Å². The molecule has 2 aromatic carbocycles. The Balaban J connectivity index is 2.21. The van der Waals surface area contributed by atoms with E-state index in [1.165, 1.54) is 11.1 Å². The molecule has 0 aliphatic rings. The lowest BCUT2D eigenvalue weighted by atomic mass is 10.00. The topological polar surface area (TPSA) is 20.2 Å². The summed E-state index contributed by atoms with van der Waals surface area (Å²) in [6, 6.07) is 18.5. The number of hydrogen-bond acceptors (Lipinski definition) is 1. The van der Waals surface area contributed by atoms with Gasteiger partial charge in [-0.25, -0.2) is 0 Å². The fourth-order valence-electron chi connectivity index (χ4n) is 1.83. The van der Waals surface area contributed by atoms with Crippen LogP contribution in [0.5, 0.6) is 0 Å². The van der Waals surface area contributed by atoms with Crippen LogP contribution in [0.2, 0.25) is 0 Å². The van der Waals surface area contributed by atoms with Crippen molar-refractivity contribution in [3.63, 3.8) is 0 Å². The van der Waals surface area contributed by atoms with Gasteiger partial charge in [0.25, 0.3) is 0 Å². The van der Waals surface area contributed by atoms with Crippen LogP contribution in [0.3, 0.4) is 0 Å². The highest BCUT2D eigenvalue weighted by Gasteiger charge is 2.00. The molecule has 0 fully saturated rings. The number of aliphatic hydroxyl groups is 1. The molecule has 0 unspecified atom stereocenters. The van der Waals surface area contributed by atoms with Crippen LogP contribution in [-0.2, 0) is 6.42 Å². The van der Waals surface area contributed by atoms with Crippen LogP contribution >= 0.6 is 0 Å². The van der Waals surface area contributed by atoms with Crippen molar-refractivity contribution in [2.24, 2.45) is 0 Å². The normalized spacial score (nSPS) is 9.61.